The minimum absolute atomic E-state index is 0.532. The van der Waals surface area contributed by atoms with E-state index in [0.717, 1.165) is 11.8 Å². The van der Waals surface area contributed by atoms with Crippen LogP contribution in [0.25, 0.3) is 0 Å². The molecular weight excluding hydrogens is 168 g/mol. The molecule has 0 N–H and O–H groups in total. The highest BCUT2D eigenvalue weighted by molar-refractivity contribution is 4.80. The Balaban J connectivity index is 4.40. The van der Waals surface area contributed by atoms with Crippen molar-refractivity contribution in [2.45, 2.75) is 73.6 Å². The molecule has 0 bridgehead atoms. The lowest BCUT2D eigenvalue weighted by molar-refractivity contribution is 0.123. The van der Waals surface area contributed by atoms with Crippen LogP contribution >= 0.6 is 0 Å². The van der Waals surface area contributed by atoms with Crippen molar-refractivity contribution in [2.75, 3.05) is 0 Å². The maximum absolute atomic E-state index is 2.45. The molecule has 0 amide bonds. The van der Waals surface area contributed by atoms with Crippen molar-refractivity contribution in [3.05, 3.63) is 0 Å². The quantitative estimate of drug-likeness (QED) is 0.522. The van der Waals surface area contributed by atoms with Crippen LogP contribution in [0.2, 0.25) is 0 Å². The van der Waals surface area contributed by atoms with Crippen LogP contribution in [-0.4, -0.2) is 0 Å². The van der Waals surface area contributed by atoms with Gasteiger partial charge in [-0.1, -0.05) is 67.2 Å². The molecular formula is C14H30. The standard InChI is InChI=1S/C14H30/c1-7-10-12(4)13(11-8-2)14(5,6)9-3/h12-13H,7-11H2,1-6H3. The van der Waals surface area contributed by atoms with E-state index in [1.165, 1.54) is 32.1 Å². The molecule has 86 valence electrons. The highest BCUT2D eigenvalue weighted by atomic mass is 14.4. The zero-order valence-corrected chi connectivity index (χ0v) is 11.2. The third kappa shape index (κ3) is 4.02. The van der Waals surface area contributed by atoms with E-state index < -0.39 is 0 Å². The second kappa shape index (κ2) is 6.48. The van der Waals surface area contributed by atoms with Gasteiger partial charge in [0.05, 0.1) is 0 Å². The summed E-state index contributed by atoms with van der Waals surface area (Å²) in [6, 6.07) is 0. The molecule has 0 aromatic rings. The topological polar surface area (TPSA) is 0 Å². The van der Waals surface area contributed by atoms with E-state index in [1.807, 2.05) is 0 Å². The molecule has 0 heterocycles. The van der Waals surface area contributed by atoms with Gasteiger partial charge >= 0.3 is 0 Å². The highest BCUT2D eigenvalue weighted by Crippen LogP contribution is 2.40. The monoisotopic (exact) mass is 198 g/mol. The Hall–Kier alpha value is 0. The molecule has 2 unspecified atom stereocenters. The molecule has 0 heteroatoms. The van der Waals surface area contributed by atoms with E-state index in [2.05, 4.69) is 41.5 Å². The van der Waals surface area contributed by atoms with Gasteiger partial charge in [-0.15, -0.1) is 0 Å². The smallest absolute Gasteiger partial charge is 0.0326 e. The van der Waals surface area contributed by atoms with Crippen molar-refractivity contribution in [1.82, 2.24) is 0 Å². The lowest BCUT2D eigenvalue weighted by Gasteiger charge is -2.38. The number of rotatable bonds is 7. The first kappa shape index (κ1) is 14.0. The van der Waals surface area contributed by atoms with E-state index in [0.29, 0.717) is 5.41 Å². The Morgan fingerprint density at radius 2 is 1.43 bits per heavy atom. The lowest BCUT2D eigenvalue weighted by Crippen LogP contribution is -2.28. The summed E-state index contributed by atoms with van der Waals surface area (Å²) in [4.78, 5) is 0. The van der Waals surface area contributed by atoms with Gasteiger partial charge in [-0.25, -0.2) is 0 Å². The molecule has 0 spiro atoms. The summed E-state index contributed by atoms with van der Waals surface area (Å²) in [5.74, 6) is 1.81. The normalized spacial score (nSPS) is 16.7. The Morgan fingerprint density at radius 3 is 1.79 bits per heavy atom. The van der Waals surface area contributed by atoms with Crippen molar-refractivity contribution in [3.8, 4) is 0 Å². The Labute approximate surface area is 91.5 Å². The summed E-state index contributed by atoms with van der Waals surface area (Å²) >= 11 is 0. The molecule has 0 aromatic heterocycles. The summed E-state index contributed by atoms with van der Waals surface area (Å²) in [6.45, 7) is 14.3. The van der Waals surface area contributed by atoms with Gasteiger partial charge in [-0.05, 0) is 23.7 Å². The summed E-state index contributed by atoms with van der Waals surface area (Å²) in [6.07, 6.45) is 6.78. The maximum atomic E-state index is 2.45. The minimum Gasteiger partial charge on any atom is -0.0654 e. The van der Waals surface area contributed by atoms with Crippen molar-refractivity contribution in [3.63, 3.8) is 0 Å². The van der Waals surface area contributed by atoms with Crippen LogP contribution in [0.3, 0.4) is 0 Å². The van der Waals surface area contributed by atoms with Crippen LogP contribution in [0.5, 0.6) is 0 Å². The molecule has 14 heavy (non-hydrogen) atoms. The summed E-state index contributed by atoms with van der Waals surface area (Å²) < 4.78 is 0. The Morgan fingerprint density at radius 1 is 0.929 bits per heavy atom. The molecule has 0 saturated carbocycles. The molecule has 0 nitrogen and oxygen atoms in total. The van der Waals surface area contributed by atoms with Gasteiger partial charge in [0.25, 0.3) is 0 Å². The Bertz CT molecular complexity index is 135. The van der Waals surface area contributed by atoms with Crippen LogP contribution in [-0.2, 0) is 0 Å². The average molecular weight is 198 g/mol. The lowest BCUT2D eigenvalue weighted by atomic mass is 9.68. The highest BCUT2D eigenvalue weighted by Gasteiger charge is 2.30. The summed E-state index contributed by atoms with van der Waals surface area (Å²) in [7, 11) is 0. The first-order chi connectivity index (χ1) is 6.49. The molecule has 0 aliphatic carbocycles. The van der Waals surface area contributed by atoms with Gasteiger partial charge in [0.2, 0.25) is 0 Å². The molecule has 0 rings (SSSR count). The van der Waals surface area contributed by atoms with Gasteiger partial charge in [0.1, 0.15) is 0 Å². The maximum Gasteiger partial charge on any atom is -0.0326 e. The van der Waals surface area contributed by atoms with Crippen LogP contribution in [0.4, 0.5) is 0 Å². The van der Waals surface area contributed by atoms with Gasteiger partial charge in [-0.2, -0.15) is 0 Å². The van der Waals surface area contributed by atoms with Crippen molar-refractivity contribution >= 4 is 0 Å². The summed E-state index contributed by atoms with van der Waals surface area (Å²) in [5, 5.41) is 0. The van der Waals surface area contributed by atoms with Crippen molar-refractivity contribution in [1.29, 1.82) is 0 Å². The SMILES string of the molecule is CCCC(C)C(CCC)C(C)(C)CC. The van der Waals surface area contributed by atoms with E-state index in [1.54, 1.807) is 0 Å². The molecule has 0 aliphatic heterocycles. The predicted molar refractivity (Wildman–Crippen MR) is 66.5 cm³/mol. The summed E-state index contributed by atoms with van der Waals surface area (Å²) in [5.41, 5.74) is 0.532. The molecule has 0 radical (unpaired) electrons. The van der Waals surface area contributed by atoms with Crippen LogP contribution in [0.15, 0.2) is 0 Å². The first-order valence-corrected chi connectivity index (χ1v) is 6.49. The van der Waals surface area contributed by atoms with Gasteiger partial charge in [-0.3, -0.25) is 0 Å². The van der Waals surface area contributed by atoms with E-state index in [4.69, 9.17) is 0 Å². The van der Waals surface area contributed by atoms with Crippen LogP contribution in [0.1, 0.15) is 73.6 Å². The van der Waals surface area contributed by atoms with Crippen LogP contribution < -0.4 is 0 Å². The fraction of sp³-hybridized carbons (Fsp3) is 1.00. The predicted octanol–water partition coefficient (Wildman–Crippen LogP) is 5.28. The zero-order valence-electron chi connectivity index (χ0n) is 11.2. The molecule has 0 aromatic carbocycles. The molecule has 0 fully saturated rings. The average Bonchev–Trinajstić information content (AvgIpc) is 2.14. The third-order valence-corrected chi connectivity index (χ3v) is 3.95. The minimum atomic E-state index is 0.532. The Kier molecular flexibility index (Phi) is 6.48. The molecule has 0 saturated heterocycles. The second-order valence-electron chi connectivity index (χ2n) is 5.50. The third-order valence-electron chi connectivity index (χ3n) is 3.95. The van der Waals surface area contributed by atoms with E-state index in [-0.39, 0.29) is 0 Å². The van der Waals surface area contributed by atoms with Gasteiger partial charge in [0, 0.05) is 0 Å². The zero-order chi connectivity index (χ0) is 11.2. The van der Waals surface area contributed by atoms with Gasteiger partial charge < -0.3 is 0 Å². The van der Waals surface area contributed by atoms with E-state index >= 15 is 0 Å². The largest absolute Gasteiger partial charge is 0.0654 e. The van der Waals surface area contributed by atoms with E-state index in [9.17, 15) is 0 Å². The fourth-order valence-corrected chi connectivity index (χ4v) is 2.68. The number of hydrogen-bond acceptors (Lipinski definition) is 0. The van der Waals surface area contributed by atoms with Gasteiger partial charge in [0.15, 0.2) is 0 Å². The second-order valence-corrected chi connectivity index (χ2v) is 5.50. The first-order valence-electron chi connectivity index (χ1n) is 6.49. The molecule has 0 aliphatic rings. The van der Waals surface area contributed by atoms with Crippen molar-refractivity contribution < 1.29 is 0 Å². The van der Waals surface area contributed by atoms with Crippen molar-refractivity contribution in [2.24, 2.45) is 17.3 Å². The van der Waals surface area contributed by atoms with Crippen LogP contribution in [0, 0.1) is 17.3 Å². The fourth-order valence-electron chi connectivity index (χ4n) is 2.68. The molecule has 2 atom stereocenters. The number of hydrogen-bond donors (Lipinski definition) is 0.